The third-order valence-electron chi connectivity index (χ3n) is 4.78. The largest absolute Gasteiger partial charge is 0.326 e. The number of hydrogen-bond acceptors (Lipinski definition) is 4. The van der Waals surface area contributed by atoms with Gasteiger partial charge in [-0.1, -0.05) is 0 Å². The van der Waals surface area contributed by atoms with Gasteiger partial charge in [0, 0.05) is 29.9 Å². The molecule has 0 bridgehead atoms. The van der Waals surface area contributed by atoms with E-state index in [2.05, 4.69) is 10.6 Å². The fraction of sp³-hybridized carbons (Fsp3) is 0.263. The predicted octanol–water partition coefficient (Wildman–Crippen LogP) is 2.36. The van der Waals surface area contributed by atoms with Crippen molar-refractivity contribution in [2.24, 2.45) is 0 Å². The SMILES string of the molecule is O=C1CCc2cc(NC(=O)c3ccc(N4CCCS4(=O)=O)cc3)ccc2N1. The summed E-state index contributed by atoms with van der Waals surface area (Å²) < 4.78 is 25.3. The summed E-state index contributed by atoms with van der Waals surface area (Å²) in [5, 5.41) is 5.65. The molecule has 2 aliphatic heterocycles. The monoisotopic (exact) mass is 385 g/mol. The molecule has 0 aliphatic carbocycles. The van der Waals surface area contributed by atoms with E-state index >= 15 is 0 Å². The molecule has 2 aromatic carbocycles. The van der Waals surface area contributed by atoms with Gasteiger partial charge >= 0.3 is 0 Å². The molecule has 4 rings (SSSR count). The molecule has 140 valence electrons. The van der Waals surface area contributed by atoms with Gasteiger partial charge in [-0.3, -0.25) is 13.9 Å². The first-order chi connectivity index (χ1) is 12.9. The van der Waals surface area contributed by atoms with Gasteiger partial charge in [0.05, 0.1) is 11.4 Å². The van der Waals surface area contributed by atoms with Gasteiger partial charge in [-0.05, 0) is 60.9 Å². The Kier molecular flexibility index (Phi) is 4.35. The van der Waals surface area contributed by atoms with Gasteiger partial charge in [0.25, 0.3) is 5.91 Å². The van der Waals surface area contributed by atoms with Crippen molar-refractivity contribution in [3.63, 3.8) is 0 Å². The van der Waals surface area contributed by atoms with Crippen molar-refractivity contribution >= 4 is 38.9 Å². The van der Waals surface area contributed by atoms with Crippen LogP contribution in [0.1, 0.15) is 28.8 Å². The molecule has 0 aromatic heterocycles. The van der Waals surface area contributed by atoms with Crippen molar-refractivity contribution in [3.05, 3.63) is 53.6 Å². The van der Waals surface area contributed by atoms with Crippen LogP contribution in [0.5, 0.6) is 0 Å². The second kappa shape index (κ2) is 6.70. The molecule has 0 radical (unpaired) electrons. The summed E-state index contributed by atoms with van der Waals surface area (Å²) in [6, 6.07) is 11.9. The zero-order valence-electron chi connectivity index (χ0n) is 14.6. The van der Waals surface area contributed by atoms with Crippen LogP contribution in [0.2, 0.25) is 0 Å². The number of carbonyl (C=O) groups excluding carboxylic acids is 2. The summed E-state index contributed by atoms with van der Waals surface area (Å²) in [5.74, 6) is -0.112. The Morgan fingerprint density at radius 3 is 2.56 bits per heavy atom. The number of sulfonamides is 1. The molecule has 2 amide bonds. The summed E-state index contributed by atoms with van der Waals surface area (Å²) in [4.78, 5) is 23.9. The predicted molar refractivity (Wildman–Crippen MR) is 104 cm³/mol. The van der Waals surface area contributed by atoms with Crippen LogP contribution in [0, 0.1) is 0 Å². The first-order valence-corrected chi connectivity index (χ1v) is 10.4. The van der Waals surface area contributed by atoms with E-state index in [-0.39, 0.29) is 17.6 Å². The number of hydrogen-bond donors (Lipinski definition) is 2. The maximum Gasteiger partial charge on any atom is 0.255 e. The number of amides is 2. The molecule has 8 heteroatoms. The van der Waals surface area contributed by atoms with Crippen molar-refractivity contribution in [1.82, 2.24) is 0 Å². The summed E-state index contributed by atoms with van der Waals surface area (Å²) >= 11 is 0. The fourth-order valence-electron chi connectivity index (χ4n) is 3.37. The lowest BCUT2D eigenvalue weighted by molar-refractivity contribution is -0.116. The first-order valence-electron chi connectivity index (χ1n) is 8.77. The Bertz CT molecular complexity index is 1020. The van der Waals surface area contributed by atoms with E-state index in [1.807, 2.05) is 6.07 Å². The Balaban J connectivity index is 1.48. The van der Waals surface area contributed by atoms with Crippen LogP contribution in [0.25, 0.3) is 0 Å². The molecule has 0 unspecified atom stereocenters. The number of aryl methyl sites for hydroxylation is 1. The van der Waals surface area contributed by atoms with E-state index in [0.717, 1.165) is 11.3 Å². The smallest absolute Gasteiger partial charge is 0.255 e. The number of nitrogens with one attached hydrogen (secondary N) is 2. The van der Waals surface area contributed by atoms with Crippen LogP contribution in [0.4, 0.5) is 17.1 Å². The number of benzene rings is 2. The summed E-state index contributed by atoms with van der Waals surface area (Å²) in [5.41, 5.74) is 3.44. The second-order valence-corrected chi connectivity index (χ2v) is 8.68. The molecule has 0 saturated carbocycles. The average Bonchev–Trinajstić information content (AvgIpc) is 3.01. The highest BCUT2D eigenvalue weighted by Crippen LogP contribution is 2.27. The van der Waals surface area contributed by atoms with E-state index in [4.69, 9.17) is 0 Å². The molecule has 1 saturated heterocycles. The normalized spacial score (nSPS) is 17.9. The van der Waals surface area contributed by atoms with Crippen molar-refractivity contribution in [2.75, 3.05) is 27.2 Å². The minimum Gasteiger partial charge on any atom is -0.326 e. The van der Waals surface area contributed by atoms with E-state index in [9.17, 15) is 18.0 Å². The lowest BCUT2D eigenvalue weighted by atomic mass is 10.0. The van der Waals surface area contributed by atoms with E-state index in [0.29, 0.717) is 42.7 Å². The average molecular weight is 385 g/mol. The zero-order valence-corrected chi connectivity index (χ0v) is 15.4. The van der Waals surface area contributed by atoms with Crippen molar-refractivity contribution in [2.45, 2.75) is 19.3 Å². The van der Waals surface area contributed by atoms with Crippen molar-refractivity contribution in [1.29, 1.82) is 0 Å². The quantitative estimate of drug-likeness (QED) is 0.848. The molecule has 1 fully saturated rings. The molecule has 0 atom stereocenters. The van der Waals surface area contributed by atoms with Gasteiger partial charge in [0.15, 0.2) is 0 Å². The standard InChI is InChI=1S/C19H19N3O4S/c23-18-9-4-14-12-15(5-8-17(14)21-18)20-19(24)13-2-6-16(7-3-13)22-10-1-11-27(22,25)26/h2-3,5-8,12H,1,4,9-11H2,(H,20,24)(H,21,23). The summed E-state index contributed by atoms with van der Waals surface area (Å²) in [7, 11) is -3.23. The molecule has 0 spiro atoms. The fourth-order valence-corrected chi connectivity index (χ4v) is 4.94. The Labute approximate surface area is 157 Å². The third-order valence-corrected chi connectivity index (χ3v) is 6.64. The Morgan fingerprint density at radius 1 is 1.07 bits per heavy atom. The van der Waals surface area contributed by atoms with Gasteiger partial charge in [0.2, 0.25) is 15.9 Å². The van der Waals surface area contributed by atoms with Crippen LogP contribution in [0.15, 0.2) is 42.5 Å². The Hall–Kier alpha value is -2.87. The second-order valence-electron chi connectivity index (χ2n) is 6.66. The molecule has 2 N–H and O–H groups in total. The highest BCUT2D eigenvalue weighted by Gasteiger charge is 2.28. The number of fused-ring (bicyclic) bond motifs is 1. The lowest BCUT2D eigenvalue weighted by Crippen LogP contribution is -2.25. The third kappa shape index (κ3) is 3.52. The number of anilines is 3. The van der Waals surface area contributed by atoms with Crippen LogP contribution in [-0.2, 0) is 21.2 Å². The maximum atomic E-state index is 12.5. The van der Waals surface area contributed by atoms with Crippen molar-refractivity contribution < 1.29 is 18.0 Å². The van der Waals surface area contributed by atoms with Gasteiger partial charge < -0.3 is 10.6 Å². The minimum absolute atomic E-state index is 0.000563. The van der Waals surface area contributed by atoms with Crippen molar-refractivity contribution in [3.8, 4) is 0 Å². The van der Waals surface area contributed by atoms with Crippen LogP contribution in [0.3, 0.4) is 0 Å². The molecule has 2 heterocycles. The lowest BCUT2D eigenvalue weighted by Gasteiger charge is -2.18. The maximum absolute atomic E-state index is 12.5. The molecule has 2 aliphatic rings. The van der Waals surface area contributed by atoms with E-state index < -0.39 is 10.0 Å². The zero-order chi connectivity index (χ0) is 19.0. The van der Waals surface area contributed by atoms with Gasteiger partial charge in [-0.2, -0.15) is 0 Å². The molecular formula is C19H19N3O4S. The first kappa shape index (κ1) is 17.5. The van der Waals surface area contributed by atoms with Gasteiger partial charge in [-0.15, -0.1) is 0 Å². The Morgan fingerprint density at radius 2 is 1.85 bits per heavy atom. The molecule has 2 aromatic rings. The topological polar surface area (TPSA) is 95.6 Å². The summed E-state index contributed by atoms with van der Waals surface area (Å²) in [6.07, 6.45) is 1.69. The molecule has 27 heavy (non-hydrogen) atoms. The van der Waals surface area contributed by atoms with Crippen LogP contribution < -0.4 is 14.9 Å². The van der Waals surface area contributed by atoms with E-state index in [1.54, 1.807) is 36.4 Å². The van der Waals surface area contributed by atoms with Crippen LogP contribution in [-0.4, -0.2) is 32.5 Å². The number of nitrogens with zero attached hydrogens (tertiary/aromatic N) is 1. The number of rotatable bonds is 3. The van der Waals surface area contributed by atoms with Gasteiger partial charge in [0.1, 0.15) is 0 Å². The highest BCUT2D eigenvalue weighted by atomic mass is 32.2. The summed E-state index contributed by atoms with van der Waals surface area (Å²) in [6.45, 7) is 0.472. The van der Waals surface area contributed by atoms with E-state index in [1.165, 1.54) is 4.31 Å². The minimum atomic E-state index is -3.23. The van der Waals surface area contributed by atoms with Gasteiger partial charge in [-0.25, -0.2) is 8.42 Å². The number of carbonyl (C=O) groups is 2. The molecule has 7 nitrogen and oxygen atoms in total. The highest BCUT2D eigenvalue weighted by molar-refractivity contribution is 7.93. The van der Waals surface area contributed by atoms with Crippen LogP contribution >= 0.6 is 0 Å². The molecular weight excluding hydrogens is 366 g/mol.